The SMILES string of the molecule is CC1(C(=O)NCCn2cc(C(=O)O)nn2)CCNCC1. The lowest BCUT2D eigenvalue weighted by atomic mass is 9.80. The molecule has 3 N–H and O–H groups in total. The van der Waals surface area contributed by atoms with E-state index in [9.17, 15) is 9.59 Å². The van der Waals surface area contributed by atoms with Crippen LogP contribution in [0.2, 0.25) is 0 Å². The van der Waals surface area contributed by atoms with Crippen molar-refractivity contribution in [2.45, 2.75) is 26.3 Å². The van der Waals surface area contributed by atoms with Crippen LogP contribution >= 0.6 is 0 Å². The molecule has 8 heteroatoms. The maximum atomic E-state index is 12.1. The number of nitrogens with zero attached hydrogens (tertiary/aromatic N) is 3. The molecule has 110 valence electrons. The highest BCUT2D eigenvalue weighted by atomic mass is 16.4. The van der Waals surface area contributed by atoms with Crippen LogP contribution < -0.4 is 10.6 Å². The van der Waals surface area contributed by atoms with Gasteiger partial charge in [0.25, 0.3) is 0 Å². The van der Waals surface area contributed by atoms with Crippen molar-refractivity contribution in [2.75, 3.05) is 19.6 Å². The summed E-state index contributed by atoms with van der Waals surface area (Å²) >= 11 is 0. The average Bonchev–Trinajstić information content (AvgIpc) is 2.88. The van der Waals surface area contributed by atoms with Gasteiger partial charge in [-0.15, -0.1) is 5.10 Å². The molecule has 0 spiro atoms. The Labute approximate surface area is 116 Å². The monoisotopic (exact) mass is 281 g/mol. The molecule has 0 aromatic carbocycles. The van der Waals surface area contributed by atoms with Crippen LogP contribution in [0.1, 0.15) is 30.3 Å². The number of piperidine rings is 1. The summed E-state index contributed by atoms with van der Waals surface area (Å²) in [5.74, 6) is -1.07. The number of carboxylic acid groups (broad SMARTS) is 1. The molecule has 0 unspecified atom stereocenters. The summed E-state index contributed by atoms with van der Waals surface area (Å²) in [4.78, 5) is 22.8. The van der Waals surface area contributed by atoms with Crippen molar-refractivity contribution in [3.05, 3.63) is 11.9 Å². The fourth-order valence-electron chi connectivity index (χ4n) is 2.21. The molecule has 1 aromatic heterocycles. The number of nitrogens with one attached hydrogen (secondary N) is 2. The van der Waals surface area contributed by atoms with E-state index < -0.39 is 5.97 Å². The zero-order valence-corrected chi connectivity index (χ0v) is 11.4. The van der Waals surface area contributed by atoms with E-state index in [4.69, 9.17) is 5.11 Å². The topological polar surface area (TPSA) is 109 Å². The third-order valence-electron chi connectivity index (χ3n) is 3.64. The summed E-state index contributed by atoms with van der Waals surface area (Å²) in [6.07, 6.45) is 3.00. The number of aromatic carboxylic acids is 1. The van der Waals surface area contributed by atoms with Crippen molar-refractivity contribution in [3.63, 3.8) is 0 Å². The van der Waals surface area contributed by atoms with Crippen LogP contribution in [-0.4, -0.2) is 51.6 Å². The highest BCUT2D eigenvalue weighted by Gasteiger charge is 2.34. The Morgan fingerprint density at radius 2 is 2.20 bits per heavy atom. The van der Waals surface area contributed by atoms with Crippen molar-refractivity contribution >= 4 is 11.9 Å². The number of carbonyl (C=O) groups excluding carboxylic acids is 1. The molecule has 1 aliphatic heterocycles. The van der Waals surface area contributed by atoms with Crippen LogP contribution in [0.15, 0.2) is 6.20 Å². The first-order valence-corrected chi connectivity index (χ1v) is 6.64. The Bertz CT molecular complexity index is 493. The van der Waals surface area contributed by atoms with Crippen molar-refractivity contribution in [2.24, 2.45) is 5.41 Å². The van der Waals surface area contributed by atoms with Crippen molar-refractivity contribution < 1.29 is 14.7 Å². The van der Waals surface area contributed by atoms with E-state index in [1.807, 2.05) is 6.92 Å². The fraction of sp³-hybridized carbons (Fsp3) is 0.667. The molecule has 2 heterocycles. The van der Waals surface area contributed by atoms with E-state index in [0.29, 0.717) is 13.1 Å². The van der Waals surface area contributed by atoms with Gasteiger partial charge >= 0.3 is 5.97 Å². The zero-order chi connectivity index (χ0) is 14.6. The minimum absolute atomic E-state index is 0.0394. The van der Waals surface area contributed by atoms with Crippen LogP contribution in [0, 0.1) is 5.41 Å². The summed E-state index contributed by atoms with van der Waals surface area (Å²) in [6.45, 7) is 4.50. The molecule has 0 aliphatic carbocycles. The average molecular weight is 281 g/mol. The van der Waals surface area contributed by atoms with Gasteiger partial charge < -0.3 is 15.7 Å². The van der Waals surface area contributed by atoms with Crippen LogP contribution in [0.5, 0.6) is 0 Å². The van der Waals surface area contributed by atoms with Crippen molar-refractivity contribution in [3.8, 4) is 0 Å². The van der Waals surface area contributed by atoms with E-state index in [1.54, 1.807) is 0 Å². The summed E-state index contributed by atoms with van der Waals surface area (Å²) < 4.78 is 1.41. The van der Waals surface area contributed by atoms with Gasteiger partial charge in [0.15, 0.2) is 5.69 Å². The molecule has 2 rings (SSSR count). The Kier molecular flexibility index (Phi) is 4.33. The first-order valence-electron chi connectivity index (χ1n) is 6.64. The normalized spacial score (nSPS) is 17.6. The number of amides is 1. The van der Waals surface area contributed by atoms with E-state index in [0.717, 1.165) is 25.9 Å². The molecule has 20 heavy (non-hydrogen) atoms. The molecular weight excluding hydrogens is 262 g/mol. The standard InChI is InChI=1S/C12H19N5O3/c1-12(2-4-13-5-3-12)11(20)14-6-7-17-8-9(10(18)19)15-16-17/h8,13H,2-7H2,1H3,(H,14,20)(H,18,19). The molecule has 0 radical (unpaired) electrons. The molecule has 0 atom stereocenters. The van der Waals surface area contributed by atoms with Gasteiger partial charge in [0.05, 0.1) is 12.7 Å². The van der Waals surface area contributed by atoms with E-state index >= 15 is 0 Å². The van der Waals surface area contributed by atoms with Crippen molar-refractivity contribution in [1.29, 1.82) is 0 Å². The Balaban J connectivity index is 1.80. The highest BCUT2D eigenvalue weighted by molar-refractivity contribution is 5.84. The molecule has 8 nitrogen and oxygen atoms in total. The van der Waals surface area contributed by atoms with Gasteiger partial charge in [-0.25, -0.2) is 9.48 Å². The third-order valence-corrected chi connectivity index (χ3v) is 3.64. The number of rotatable bonds is 5. The smallest absolute Gasteiger partial charge is 0.358 e. The summed E-state index contributed by atoms with van der Waals surface area (Å²) in [5.41, 5.74) is -0.415. The molecule has 0 bridgehead atoms. The maximum absolute atomic E-state index is 12.1. The first kappa shape index (κ1) is 14.4. The van der Waals surface area contributed by atoms with Gasteiger partial charge in [-0.2, -0.15) is 0 Å². The molecule has 0 saturated carbocycles. The van der Waals surface area contributed by atoms with Crippen molar-refractivity contribution in [1.82, 2.24) is 25.6 Å². The lowest BCUT2D eigenvalue weighted by molar-refractivity contribution is -0.131. The van der Waals surface area contributed by atoms with Crippen LogP contribution in [0.25, 0.3) is 0 Å². The predicted octanol–water partition coefficient (Wildman–Crippen LogP) is -0.518. The van der Waals surface area contributed by atoms with E-state index in [-0.39, 0.29) is 17.0 Å². The van der Waals surface area contributed by atoms with Gasteiger partial charge in [0.2, 0.25) is 5.91 Å². The minimum atomic E-state index is -1.11. The Morgan fingerprint density at radius 1 is 1.50 bits per heavy atom. The van der Waals surface area contributed by atoms with E-state index in [1.165, 1.54) is 10.9 Å². The molecule has 1 amide bonds. The largest absolute Gasteiger partial charge is 0.476 e. The fourth-order valence-corrected chi connectivity index (χ4v) is 2.21. The Morgan fingerprint density at radius 3 is 2.80 bits per heavy atom. The second-order valence-electron chi connectivity index (χ2n) is 5.24. The summed E-state index contributed by atoms with van der Waals surface area (Å²) in [7, 11) is 0. The van der Waals surface area contributed by atoms with Gasteiger partial charge in [-0.05, 0) is 25.9 Å². The molecule has 1 saturated heterocycles. The summed E-state index contributed by atoms with van der Waals surface area (Å²) in [6, 6.07) is 0. The Hall–Kier alpha value is -1.96. The van der Waals surface area contributed by atoms with Crippen LogP contribution in [0.4, 0.5) is 0 Å². The second kappa shape index (κ2) is 6.00. The number of hydrogen-bond acceptors (Lipinski definition) is 5. The lowest BCUT2D eigenvalue weighted by Crippen LogP contribution is -2.46. The van der Waals surface area contributed by atoms with Crippen LogP contribution in [0.3, 0.4) is 0 Å². The molecular formula is C12H19N5O3. The van der Waals surface area contributed by atoms with Gasteiger partial charge in [-0.1, -0.05) is 12.1 Å². The number of carbonyl (C=O) groups is 2. The van der Waals surface area contributed by atoms with E-state index in [2.05, 4.69) is 20.9 Å². The third kappa shape index (κ3) is 3.32. The molecule has 1 aliphatic rings. The minimum Gasteiger partial charge on any atom is -0.476 e. The number of hydrogen-bond donors (Lipinski definition) is 3. The number of carboxylic acids is 1. The quantitative estimate of drug-likeness (QED) is 0.670. The predicted molar refractivity (Wildman–Crippen MR) is 70.2 cm³/mol. The lowest BCUT2D eigenvalue weighted by Gasteiger charge is -2.32. The zero-order valence-electron chi connectivity index (χ0n) is 11.4. The molecule has 1 aromatic rings. The number of aromatic nitrogens is 3. The first-order chi connectivity index (χ1) is 9.51. The van der Waals surface area contributed by atoms with Gasteiger partial charge in [-0.3, -0.25) is 4.79 Å². The van der Waals surface area contributed by atoms with Gasteiger partial charge in [0, 0.05) is 12.0 Å². The highest BCUT2D eigenvalue weighted by Crippen LogP contribution is 2.27. The molecule has 1 fully saturated rings. The summed E-state index contributed by atoms with van der Waals surface area (Å²) in [5, 5.41) is 22.0. The second-order valence-corrected chi connectivity index (χ2v) is 5.24. The van der Waals surface area contributed by atoms with Crippen LogP contribution in [-0.2, 0) is 11.3 Å². The maximum Gasteiger partial charge on any atom is 0.358 e. The van der Waals surface area contributed by atoms with Gasteiger partial charge in [0.1, 0.15) is 0 Å².